The molecule has 0 aromatic carbocycles. The van der Waals surface area contributed by atoms with Gasteiger partial charge in [0, 0.05) is 32.1 Å². The summed E-state index contributed by atoms with van der Waals surface area (Å²) in [4.78, 5) is 25.6. The van der Waals surface area contributed by atoms with Crippen LogP contribution in [0.1, 0.15) is 272 Å². The lowest BCUT2D eigenvalue weighted by atomic mass is 9.95. The average Bonchev–Trinajstić information content (AvgIpc) is 3.30. The van der Waals surface area contributed by atoms with Gasteiger partial charge in [-0.3, -0.25) is 9.59 Å². The molecule has 0 saturated carbocycles. The van der Waals surface area contributed by atoms with Crippen molar-refractivity contribution in [3.8, 4) is 0 Å². The summed E-state index contributed by atoms with van der Waals surface area (Å²) in [5.74, 6) is 1.00. The molecule has 8 heteroatoms. The number of carbonyl (C=O) groups is 2. The molecule has 64 heavy (non-hydrogen) atoms. The third-order valence-electron chi connectivity index (χ3n) is 13.0. The zero-order valence-corrected chi connectivity index (χ0v) is 43.6. The van der Waals surface area contributed by atoms with Crippen molar-refractivity contribution in [2.45, 2.75) is 278 Å². The molecule has 1 N–H and O–H groups in total. The van der Waals surface area contributed by atoms with Crippen molar-refractivity contribution in [2.24, 2.45) is 11.8 Å². The smallest absolute Gasteiger partial charge is 0.305 e. The number of ether oxygens (including phenoxy) is 5. The summed E-state index contributed by atoms with van der Waals surface area (Å²) in [6.45, 7) is 17.4. The number of carbonyl (C=O) groups excluding carboxylic acids is 2. The zero-order chi connectivity index (χ0) is 46.7. The first-order valence-electron chi connectivity index (χ1n) is 28.3. The molecule has 0 aliphatic rings. The molecule has 0 radical (unpaired) electrons. The average molecular weight is 911 g/mol. The van der Waals surface area contributed by atoms with E-state index in [4.69, 9.17) is 23.7 Å². The van der Waals surface area contributed by atoms with Crippen molar-refractivity contribution in [1.82, 2.24) is 5.32 Å². The molecule has 0 fully saturated rings. The molecule has 382 valence electrons. The Hall–Kier alpha value is -1.22. The summed E-state index contributed by atoms with van der Waals surface area (Å²) in [7, 11) is 0. The van der Waals surface area contributed by atoms with Gasteiger partial charge in [-0.1, -0.05) is 195 Å². The van der Waals surface area contributed by atoms with Crippen molar-refractivity contribution in [1.29, 1.82) is 0 Å². The summed E-state index contributed by atoms with van der Waals surface area (Å²) < 4.78 is 28.8. The predicted molar refractivity (Wildman–Crippen MR) is 272 cm³/mol. The molecule has 0 bridgehead atoms. The molecule has 0 rings (SSSR count). The number of unbranched alkanes of at least 4 members (excludes halogenated alkanes) is 21. The fourth-order valence-corrected chi connectivity index (χ4v) is 8.63. The van der Waals surface area contributed by atoms with Crippen molar-refractivity contribution >= 4 is 11.9 Å². The second kappa shape index (κ2) is 52.7. The first-order chi connectivity index (χ1) is 31.5. The van der Waals surface area contributed by atoms with Crippen LogP contribution in [-0.2, 0) is 33.3 Å². The molecule has 0 aromatic rings. The fourth-order valence-electron chi connectivity index (χ4n) is 8.63. The van der Waals surface area contributed by atoms with E-state index in [9.17, 15) is 9.59 Å². The summed E-state index contributed by atoms with van der Waals surface area (Å²) in [6.07, 6.45) is 43.3. The minimum absolute atomic E-state index is 0.0132. The van der Waals surface area contributed by atoms with Gasteiger partial charge in [-0.15, -0.1) is 0 Å². The van der Waals surface area contributed by atoms with Gasteiger partial charge >= 0.3 is 11.9 Å². The summed E-state index contributed by atoms with van der Waals surface area (Å²) in [5.41, 5.74) is 0. The Kier molecular flexibility index (Phi) is 51.7. The quantitative estimate of drug-likeness (QED) is 0.0477. The Morgan fingerprint density at radius 3 is 1.06 bits per heavy atom. The molecule has 0 saturated heterocycles. The van der Waals surface area contributed by atoms with Gasteiger partial charge in [0.25, 0.3) is 0 Å². The lowest BCUT2D eigenvalue weighted by Gasteiger charge is -2.19. The van der Waals surface area contributed by atoms with Gasteiger partial charge in [-0.2, -0.15) is 0 Å². The standard InChI is InChI=1S/C56H111NO7/c1-6-11-16-20-22-28-37-52(35-26-18-13-8-3)50-63-55(58)41-32-24-30-39-54(57-43-34-45-61-47-49-62-48-46-60-44-15-10-5)40-31-25-33-42-56(59)64-51-53(36-27-19-14-9-4)38-29-23-21-17-12-7-2/h52-54,57H,6-51H2,1-5H3. The molecular weight excluding hydrogens is 799 g/mol. The maximum absolute atomic E-state index is 12.8. The molecule has 0 aliphatic heterocycles. The minimum atomic E-state index is -0.0132. The van der Waals surface area contributed by atoms with Crippen molar-refractivity contribution in [3.63, 3.8) is 0 Å². The van der Waals surface area contributed by atoms with E-state index < -0.39 is 0 Å². The Morgan fingerprint density at radius 1 is 0.344 bits per heavy atom. The molecule has 8 nitrogen and oxygen atoms in total. The van der Waals surface area contributed by atoms with Gasteiger partial charge in [0.1, 0.15) is 0 Å². The number of hydrogen-bond donors (Lipinski definition) is 1. The molecule has 2 atom stereocenters. The lowest BCUT2D eigenvalue weighted by molar-refractivity contribution is -0.146. The minimum Gasteiger partial charge on any atom is -0.465 e. The van der Waals surface area contributed by atoms with Crippen molar-refractivity contribution in [3.05, 3.63) is 0 Å². The number of hydrogen-bond acceptors (Lipinski definition) is 8. The van der Waals surface area contributed by atoms with E-state index in [-0.39, 0.29) is 11.9 Å². The summed E-state index contributed by atoms with van der Waals surface area (Å²) >= 11 is 0. The monoisotopic (exact) mass is 910 g/mol. The first kappa shape index (κ1) is 62.8. The van der Waals surface area contributed by atoms with E-state index in [2.05, 4.69) is 39.9 Å². The van der Waals surface area contributed by atoms with Gasteiger partial charge in [0.2, 0.25) is 0 Å². The Morgan fingerprint density at radius 2 is 0.656 bits per heavy atom. The highest BCUT2D eigenvalue weighted by Gasteiger charge is 2.15. The van der Waals surface area contributed by atoms with Crippen LogP contribution in [-0.4, -0.2) is 77.4 Å². The van der Waals surface area contributed by atoms with E-state index in [0.717, 1.165) is 90.4 Å². The van der Waals surface area contributed by atoms with Crippen LogP contribution in [0.5, 0.6) is 0 Å². The topological polar surface area (TPSA) is 92.3 Å². The van der Waals surface area contributed by atoms with E-state index in [1.54, 1.807) is 0 Å². The SMILES string of the molecule is CCCCCCCCC(CCCCCC)COC(=O)CCCCCC(CCCCCC(=O)OCC(CCCCCC)CCCCCCCC)NCCCOCCOCCOCCCC. The maximum atomic E-state index is 12.8. The lowest BCUT2D eigenvalue weighted by Crippen LogP contribution is -2.30. The Balaban J connectivity index is 4.72. The Labute approximate surface area is 398 Å². The fraction of sp³-hybridized carbons (Fsp3) is 0.964. The second-order valence-electron chi connectivity index (χ2n) is 19.3. The van der Waals surface area contributed by atoms with Gasteiger partial charge in [-0.05, 0) is 82.6 Å². The van der Waals surface area contributed by atoms with E-state index in [1.165, 1.54) is 154 Å². The highest BCUT2D eigenvalue weighted by atomic mass is 16.5. The van der Waals surface area contributed by atoms with Crippen LogP contribution in [0, 0.1) is 11.8 Å². The van der Waals surface area contributed by atoms with E-state index in [1.807, 2.05) is 0 Å². The van der Waals surface area contributed by atoms with E-state index in [0.29, 0.717) is 70.4 Å². The molecule has 0 aromatic heterocycles. The molecule has 0 heterocycles. The number of esters is 2. The van der Waals surface area contributed by atoms with Crippen LogP contribution in [0.15, 0.2) is 0 Å². The van der Waals surface area contributed by atoms with Crippen LogP contribution < -0.4 is 5.32 Å². The molecular formula is C56H111NO7. The predicted octanol–water partition coefficient (Wildman–Crippen LogP) is 15.8. The first-order valence-corrected chi connectivity index (χ1v) is 28.3. The number of nitrogens with one attached hydrogen (secondary N) is 1. The van der Waals surface area contributed by atoms with Crippen LogP contribution in [0.2, 0.25) is 0 Å². The molecule has 0 amide bonds. The summed E-state index contributed by atoms with van der Waals surface area (Å²) in [5, 5.41) is 3.82. The van der Waals surface area contributed by atoms with Crippen LogP contribution >= 0.6 is 0 Å². The van der Waals surface area contributed by atoms with Crippen LogP contribution in [0.3, 0.4) is 0 Å². The van der Waals surface area contributed by atoms with Crippen molar-refractivity contribution < 1.29 is 33.3 Å². The third kappa shape index (κ3) is 47.3. The van der Waals surface area contributed by atoms with Crippen LogP contribution in [0.4, 0.5) is 0 Å². The number of rotatable bonds is 54. The van der Waals surface area contributed by atoms with Gasteiger partial charge in [-0.25, -0.2) is 0 Å². The zero-order valence-electron chi connectivity index (χ0n) is 43.6. The summed E-state index contributed by atoms with van der Waals surface area (Å²) in [6, 6.07) is 0.431. The van der Waals surface area contributed by atoms with Gasteiger partial charge in [0.05, 0.1) is 39.6 Å². The van der Waals surface area contributed by atoms with Gasteiger partial charge in [0.15, 0.2) is 0 Å². The van der Waals surface area contributed by atoms with E-state index >= 15 is 0 Å². The van der Waals surface area contributed by atoms with Crippen LogP contribution in [0.25, 0.3) is 0 Å². The largest absolute Gasteiger partial charge is 0.465 e. The molecule has 0 aliphatic carbocycles. The Bertz CT molecular complexity index is 877. The van der Waals surface area contributed by atoms with Gasteiger partial charge < -0.3 is 29.0 Å². The molecule has 2 unspecified atom stereocenters. The highest BCUT2D eigenvalue weighted by Crippen LogP contribution is 2.22. The van der Waals surface area contributed by atoms with Crippen molar-refractivity contribution in [2.75, 3.05) is 59.4 Å². The maximum Gasteiger partial charge on any atom is 0.305 e. The second-order valence-corrected chi connectivity index (χ2v) is 19.3. The third-order valence-corrected chi connectivity index (χ3v) is 13.0. The molecule has 0 spiro atoms. The highest BCUT2D eigenvalue weighted by molar-refractivity contribution is 5.69. The normalized spacial score (nSPS) is 13.0.